The lowest BCUT2D eigenvalue weighted by Crippen LogP contribution is -2.04. The number of anilines is 1. The van der Waals surface area contributed by atoms with E-state index in [4.69, 9.17) is 20.4 Å². The van der Waals surface area contributed by atoms with E-state index in [0.29, 0.717) is 24.2 Å². The number of aromatic nitrogens is 4. The standard InChI is InChI=1S/C22H21N5O2.CH4/c23-20-17(2-1-10-24-20)21-26-19-8-7-18(15-9-11-29-13-15)25-22(19)27(21)16-5-3-14(12-28)4-6-16;/h1-8,10,15,28H,9,11-13H2,(H2,23,24);1H4. The Morgan fingerprint density at radius 3 is 2.63 bits per heavy atom. The van der Waals surface area contributed by atoms with E-state index in [1.807, 2.05) is 53.1 Å². The van der Waals surface area contributed by atoms with Crippen LogP contribution in [0.25, 0.3) is 28.2 Å². The van der Waals surface area contributed by atoms with Crippen molar-refractivity contribution < 1.29 is 9.84 Å². The van der Waals surface area contributed by atoms with E-state index in [1.165, 1.54) is 0 Å². The topological polar surface area (TPSA) is 99.1 Å². The first kappa shape index (κ1) is 20.0. The van der Waals surface area contributed by atoms with Gasteiger partial charge in [0.2, 0.25) is 0 Å². The summed E-state index contributed by atoms with van der Waals surface area (Å²) in [5.74, 6) is 1.40. The van der Waals surface area contributed by atoms with Crippen LogP contribution in [0.5, 0.6) is 0 Å². The molecule has 3 N–H and O–H groups in total. The summed E-state index contributed by atoms with van der Waals surface area (Å²) in [6.45, 7) is 1.46. The first-order chi connectivity index (χ1) is 14.2. The molecule has 1 aromatic carbocycles. The summed E-state index contributed by atoms with van der Waals surface area (Å²) in [4.78, 5) is 14.0. The summed E-state index contributed by atoms with van der Waals surface area (Å²) in [7, 11) is 0. The van der Waals surface area contributed by atoms with Gasteiger partial charge in [-0.15, -0.1) is 0 Å². The number of hydrogen-bond acceptors (Lipinski definition) is 6. The summed E-state index contributed by atoms with van der Waals surface area (Å²) in [6.07, 6.45) is 2.64. The average Bonchev–Trinajstić information content (AvgIpc) is 3.42. The third-order valence-corrected chi connectivity index (χ3v) is 5.33. The van der Waals surface area contributed by atoms with Crippen molar-refractivity contribution in [1.82, 2.24) is 19.5 Å². The summed E-state index contributed by atoms with van der Waals surface area (Å²) >= 11 is 0. The summed E-state index contributed by atoms with van der Waals surface area (Å²) < 4.78 is 7.55. The number of imidazole rings is 1. The van der Waals surface area contributed by atoms with Crippen LogP contribution < -0.4 is 5.73 Å². The number of nitrogen functional groups attached to an aromatic ring is 1. The Balaban J connectivity index is 0.00000218. The van der Waals surface area contributed by atoms with Crippen LogP contribution in [0.15, 0.2) is 54.7 Å². The molecule has 7 heteroatoms. The molecule has 0 saturated carbocycles. The molecule has 1 aliphatic rings. The van der Waals surface area contributed by atoms with E-state index in [-0.39, 0.29) is 14.0 Å². The molecule has 3 aromatic heterocycles. The van der Waals surface area contributed by atoms with E-state index < -0.39 is 0 Å². The molecule has 1 unspecified atom stereocenters. The minimum atomic E-state index is -0.00253. The molecule has 4 aromatic rings. The van der Waals surface area contributed by atoms with Crippen LogP contribution in [0.3, 0.4) is 0 Å². The molecule has 0 aliphatic carbocycles. The van der Waals surface area contributed by atoms with Crippen LogP contribution in [0.2, 0.25) is 0 Å². The van der Waals surface area contributed by atoms with Crippen molar-refractivity contribution in [3.63, 3.8) is 0 Å². The SMILES string of the molecule is C.Nc1ncccc1-c1nc2ccc(C3CCOC3)nc2n1-c1ccc(CO)cc1. The smallest absolute Gasteiger partial charge is 0.165 e. The zero-order valence-electron chi connectivity index (χ0n) is 15.8. The van der Waals surface area contributed by atoms with E-state index in [2.05, 4.69) is 4.98 Å². The zero-order chi connectivity index (χ0) is 19.8. The van der Waals surface area contributed by atoms with Crippen molar-refractivity contribution in [1.29, 1.82) is 0 Å². The lowest BCUT2D eigenvalue weighted by atomic mass is 10.0. The summed E-state index contributed by atoms with van der Waals surface area (Å²) in [6, 6.07) is 15.5. The maximum Gasteiger partial charge on any atom is 0.165 e. The molecule has 0 spiro atoms. The molecular formula is C23H25N5O2. The number of nitrogens with zero attached hydrogens (tertiary/aromatic N) is 4. The Hall–Kier alpha value is -3.29. The van der Waals surface area contributed by atoms with Crippen LogP contribution in [-0.2, 0) is 11.3 Å². The highest BCUT2D eigenvalue weighted by Gasteiger charge is 2.22. The van der Waals surface area contributed by atoms with Gasteiger partial charge in [0, 0.05) is 30.1 Å². The van der Waals surface area contributed by atoms with Gasteiger partial charge < -0.3 is 15.6 Å². The van der Waals surface area contributed by atoms with Crippen molar-refractivity contribution in [2.75, 3.05) is 18.9 Å². The van der Waals surface area contributed by atoms with Crippen molar-refractivity contribution in [2.45, 2.75) is 26.4 Å². The van der Waals surface area contributed by atoms with Crippen molar-refractivity contribution in [2.24, 2.45) is 0 Å². The third kappa shape index (κ3) is 3.42. The van der Waals surface area contributed by atoms with Gasteiger partial charge in [0.1, 0.15) is 11.3 Å². The molecule has 1 atom stereocenters. The van der Waals surface area contributed by atoms with Crippen LogP contribution in [-0.4, -0.2) is 37.8 Å². The van der Waals surface area contributed by atoms with Gasteiger partial charge in [0.05, 0.1) is 18.8 Å². The highest BCUT2D eigenvalue weighted by atomic mass is 16.5. The lowest BCUT2D eigenvalue weighted by molar-refractivity contribution is 0.193. The number of hydrogen-bond donors (Lipinski definition) is 2. The van der Waals surface area contributed by atoms with E-state index in [0.717, 1.165) is 46.7 Å². The second kappa shape index (κ2) is 8.22. The molecule has 0 amide bonds. The summed E-state index contributed by atoms with van der Waals surface area (Å²) in [5, 5.41) is 9.39. The van der Waals surface area contributed by atoms with Crippen molar-refractivity contribution >= 4 is 17.0 Å². The highest BCUT2D eigenvalue weighted by molar-refractivity contribution is 5.82. The largest absolute Gasteiger partial charge is 0.392 e. The minimum Gasteiger partial charge on any atom is -0.392 e. The van der Waals surface area contributed by atoms with Gasteiger partial charge >= 0.3 is 0 Å². The molecule has 5 rings (SSSR count). The Bertz CT molecular complexity index is 1160. The molecule has 1 aliphatic heterocycles. The third-order valence-electron chi connectivity index (χ3n) is 5.33. The molecule has 1 saturated heterocycles. The lowest BCUT2D eigenvalue weighted by Gasteiger charge is -2.12. The van der Waals surface area contributed by atoms with E-state index in [9.17, 15) is 5.11 Å². The molecule has 7 nitrogen and oxygen atoms in total. The monoisotopic (exact) mass is 403 g/mol. The van der Waals surface area contributed by atoms with Gasteiger partial charge in [-0.05, 0) is 48.4 Å². The molecular weight excluding hydrogens is 378 g/mol. The van der Waals surface area contributed by atoms with Gasteiger partial charge in [-0.2, -0.15) is 0 Å². The van der Waals surface area contributed by atoms with Crippen LogP contribution in [0.4, 0.5) is 5.82 Å². The fraction of sp³-hybridized carbons (Fsp3) is 0.261. The predicted octanol–water partition coefficient (Wildman–Crippen LogP) is 3.70. The predicted molar refractivity (Wildman–Crippen MR) is 117 cm³/mol. The number of fused-ring (bicyclic) bond motifs is 1. The Morgan fingerprint density at radius 1 is 1.10 bits per heavy atom. The number of ether oxygens (including phenoxy) is 1. The number of rotatable bonds is 4. The second-order valence-corrected chi connectivity index (χ2v) is 7.17. The maximum absolute atomic E-state index is 9.39. The average molecular weight is 403 g/mol. The first-order valence-corrected chi connectivity index (χ1v) is 9.63. The summed E-state index contributed by atoms with van der Waals surface area (Å²) in [5.41, 5.74) is 11.2. The normalized spacial score (nSPS) is 16.0. The first-order valence-electron chi connectivity index (χ1n) is 9.63. The fourth-order valence-corrected chi connectivity index (χ4v) is 3.75. The van der Waals surface area contributed by atoms with Gasteiger partial charge in [0.15, 0.2) is 11.5 Å². The quantitative estimate of drug-likeness (QED) is 0.539. The molecule has 154 valence electrons. The van der Waals surface area contributed by atoms with Crippen LogP contribution in [0, 0.1) is 0 Å². The number of aliphatic hydroxyl groups is 1. The molecule has 0 radical (unpaired) electrons. The Kier molecular flexibility index (Phi) is 5.48. The highest BCUT2D eigenvalue weighted by Crippen LogP contribution is 2.32. The molecule has 4 heterocycles. The molecule has 30 heavy (non-hydrogen) atoms. The van der Waals surface area contributed by atoms with Gasteiger partial charge in [-0.1, -0.05) is 19.6 Å². The second-order valence-electron chi connectivity index (χ2n) is 7.17. The van der Waals surface area contributed by atoms with Gasteiger partial charge in [0.25, 0.3) is 0 Å². The van der Waals surface area contributed by atoms with Gasteiger partial charge in [-0.3, -0.25) is 4.57 Å². The number of aliphatic hydroxyl groups excluding tert-OH is 1. The number of nitrogens with two attached hydrogens (primary N) is 1. The van der Waals surface area contributed by atoms with Gasteiger partial charge in [-0.25, -0.2) is 15.0 Å². The van der Waals surface area contributed by atoms with E-state index >= 15 is 0 Å². The Morgan fingerprint density at radius 2 is 1.93 bits per heavy atom. The number of benzene rings is 1. The van der Waals surface area contributed by atoms with Crippen molar-refractivity contribution in [3.8, 4) is 17.1 Å². The fourth-order valence-electron chi connectivity index (χ4n) is 3.75. The Labute approximate surface area is 175 Å². The maximum atomic E-state index is 9.39. The van der Waals surface area contributed by atoms with Crippen LogP contribution >= 0.6 is 0 Å². The molecule has 0 bridgehead atoms. The molecule has 1 fully saturated rings. The van der Waals surface area contributed by atoms with Crippen LogP contribution in [0.1, 0.15) is 31.0 Å². The van der Waals surface area contributed by atoms with Crippen molar-refractivity contribution in [3.05, 3.63) is 66.0 Å². The van der Waals surface area contributed by atoms with E-state index in [1.54, 1.807) is 6.20 Å². The minimum absolute atomic E-state index is 0. The number of pyridine rings is 2. The zero-order valence-corrected chi connectivity index (χ0v) is 15.8.